The summed E-state index contributed by atoms with van der Waals surface area (Å²) in [5, 5.41) is 64.9. The minimum atomic E-state index is -2.03. The molecule has 5 aliphatic heterocycles. The second kappa shape index (κ2) is 14.2. The monoisotopic (exact) mass is 763 g/mol. The molecule has 5 N–H and O–H groups in total. The number of aliphatic hydroxyl groups excluding tert-OH is 5. The van der Waals surface area contributed by atoms with E-state index in [-0.39, 0.29) is 37.3 Å². The highest BCUT2D eigenvalue weighted by atomic mass is 16.8. The van der Waals surface area contributed by atoms with Crippen molar-refractivity contribution >= 4 is 11.9 Å². The predicted octanol–water partition coefficient (Wildman–Crippen LogP) is -2.43. The van der Waals surface area contributed by atoms with Crippen molar-refractivity contribution in [2.45, 2.75) is 86.6 Å². The maximum absolute atomic E-state index is 13.7. The van der Waals surface area contributed by atoms with Gasteiger partial charge in [-0.2, -0.15) is 0 Å². The topological polar surface area (TPSA) is 260 Å². The van der Waals surface area contributed by atoms with E-state index in [0.29, 0.717) is 28.2 Å². The van der Waals surface area contributed by atoms with Gasteiger partial charge in [0.1, 0.15) is 48.8 Å². The van der Waals surface area contributed by atoms with Crippen molar-refractivity contribution in [1.82, 2.24) is 0 Å². The number of ether oxygens (including phenoxy) is 11. The van der Waals surface area contributed by atoms with Gasteiger partial charge < -0.3 is 87.5 Å². The summed E-state index contributed by atoms with van der Waals surface area (Å²) in [7, 11) is 2.63. The molecule has 0 bridgehead atoms. The van der Waals surface area contributed by atoms with E-state index in [2.05, 4.69) is 0 Å². The molecule has 0 amide bonds. The summed E-state index contributed by atoms with van der Waals surface area (Å²) in [6.45, 7) is 1.62. The van der Waals surface area contributed by atoms with E-state index in [9.17, 15) is 40.2 Å². The van der Waals surface area contributed by atoms with Crippen molar-refractivity contribution < 1.29 is 92.3 Å². The molecule has 0 aromatic heterocycles. The fourth-order valence-corrected chi connectivity index (χ4v) is 8.09. The molecular weight excluding hydrogens is 724 g/mol. The minimum absolute atomic E-state index is 0.00264. The van der Waals surface area contributed by atoms with Crippen molar-refractivity contribution in [1.29, 1.82) is 0 Å². The summed E-state index contributed by atoms with van der Waals surface area (Å²) < 4.78 is 63.3. The number of carboxylic acid groups (broad SMARTS) is 1. The van der Waals surface area contributed by atoms with Crippen LogP contribution >= 0.6 is 0 Å². The first-order chi connectivity index (χ1) is 25.9. The maximum atomic E-state index is 13.7. The average Bonchev–Trinajstić information content (AvgIpc) is 3.79. The molecule has 8 rings (SSSR count). The second-order valence-electron chi connectivity index (χ2n) is 13.8. The second-order valence-corrected chi connectivity index (χ2v) is 13.8. The molecule has 4 fully saturated rings. The van der Waals surface area contributed by atoms with Gasteiger partial charge in [0, 0.05) is 11.8 Å². The molecule has 5 heterocycles. The predicted molar refractivity (Wildman–Crippen MR) is 169 cm³/mol. The van der Waals surface area contributed by atoms with Crippen LogP contribution in [0.3, 0.4) is 0 Å². The Morgan fingerprint density at radius 2 is 1.46 bits per heavy atom. The van der Waals surface area contributed by atoms with Gasteiger partial charge in [-0.1, -0.05) is 0 Å². The lowest BCUT2D eigenvalue weighted by Crippen LogP contribution is -2.63. The lowest BCUT2D eigenvalue weighted by molar-refractivity contribution is -0.364. The summed E-state index contributed by atoms with van der Waals surface area (Å²) in [5.41, 5.74) is 1.58. The molecule has 0 saturated carbocycles. The van der Waals surface area contributed by atoms with Crippen LogP contribution in [0.4, 0.5) is 0 Å². The van der Waals surface area contributed by atoms with Gasteiger partial charge in [0.25, 0.3) is 0 Å². The number of aliphatic carboxylic acids is 1. The summed E-state index contributed by atoms with van der Waals surface area (Å²) in [6.07, 6.45) is -17.1. The number of cyclic esters (lactones) is 1. The summed E-state index contributed by atoms with van der Waals surface area (Å²) in [6, 6.07) is 6.53. The number of fused-ring (bicyclic) bond motifs is 4. The Hall–Kier alpha value is -4.02. The van der Waals surface area contributed by atoms with Crippen molar-refractivity contribution in [3.63, 3.8) is 0 Å². The van der Waals surface area contributed by atoms with Gasteiger partial charge in [0.05, 0.1) is 45.4 Å². The smallest absolute Gasteiger partial charge is 0.310 e. The molecule has 2 aromatic rings. The van der Waals surface area contributed by atoms with E-state index < -0.39 is 103 Å². The summed E-state index contributed by atoms with van der Waals surface area (Å²) in [4.78, 5) is 25.3. The number of hydrogen-bond donors (Lipinski definition) is 5. The fourth-order valence-electron chi connectivity index (χ4n) is 8.09. The number of aliphatic hydroxyl groups is 5. The zero-order valence-electron chi connectivity index (χ0n) is 29.0. The van der Waals surface area contributed by atoms with E-state index in [1.807, 2.05) is 0 Å². The quantitative estimate of drug-likeness (QED) is 0.175. The Bertz CT molecular complexity index is 1740. The SMILES string of the molecule is COc1cc(C2c3cc4c(cc3C(OC3OC5COC(C)OC5C(O)C3O)C3COC(=O)C23)OCO4)cc(OC)c1OC1OC(C(=O)[O-])C(O)C(O)C1O. The Morgan fingerprint density at radius 3 is 2.13 bits per heavy atom. The first-order valence-corrected chi connectivity index (χ1v) is 17.3. The van der Waals surface area contributed by atoms with Crippen LogP contribution in [0.25, 0.3) is 0 Å². The zero-order chi connectivity index (χ0) is 38.2. The van der Waals surface area contributed by atoms with E-state index in [1.165, 1.54) is 14.2 Å². The van der Waals surface area contributed by atoms with Crippen molar-refractivity contribution in [3.05, 3.63) is 41.0 Å². The molecule has 0 spiro atoms. The summed E-state index contributed by atoms with van der Waals surface area (Å²) in [5.74, 6) is -4.07. The van der Waals surface area contributed by atoms with Gasteiger partial charge in [-0.15, -0.1) is 0 Å². The number of rotatable bonds is 8. The minimum Gasteiger partial charge on any atom is -0.547 e. The van der Waals surface area contributed by atoms with Gasteiger partial charge in [-0.25, -0.2) is 0 Å². The number of benzene rings is 2. The Kier molecular flexibility index (Phi) is 9.74. The lowest BCUT2D eigenvalue weighted by Gasteiger charge is -2.47. The molecule has 15 unspecified atom stereocenters. The number of methoxy groups -OCH3 is 2. The van der Waals surface area contributed by atoms with Crippen LogP contribution in [0, 0.1) is 11.8 Å². The van der Waals surface area contributed by atoms with E-state index >= 15 is 0 Å². The normalized spacial score (nSPS) is 39.5. The average molecular weight is 764 g/mol. The van der Waals surface area contributed by atoms with Crippen LogP contribution in [-0.2, 0) is 38.0 Å². The highest BCUT2D eigenvalue weighted by Crippen LogP contribution is 2.57. The molecule has 19 heteroatoms. The van der Waals surface area contributed by atoms with Gasteiger partial charge in [-0.05, 0) is 47.9 Å². The molecule has 1 aliphatic carbocycles. The van der Waals surface area contributed by atoms with Crippen molar-refractivity contribution in [3.8, 4) is 28.7 Å². The molecular formula is C35H39O19-. The van der Waals surface area contributed by atoms with E-state index in [0.717, 1.165) is 0 Å². The van der Waals surface area contributed by atoms with Gasteiger partial charge in [0.15, 0.2) is 35.6 Å². The first-order valence-electron chi connectivity index (χ1n) is 17.3. The molecule has 0 radical (unpaired) electrons. The molecule has 19 nitrogen and oxygen atoms in total. The highest BCUT2D eigenvalue weighted by Gasteiger charge is 2.56. The first kappa shape index (κ1) is 36.9. The number of esters is 1. The Balaban J connectivity index is 1.17. The van der Waals surface area contributed by atoms with Crippen LogP contribution in [0.2, 0.25) is 0 Å². The fraction of sp³-hybridized carbons (Fsp3) is 0.600. The number of carbonyl (C=O) groups excluding carboxylic acids is 2. The van der Waals surface area contributed by atoms with Crippen LogP contribution < -0.4 is 28.8 Å². The van der Waals surface area contributed by atoms with Crippen LogP contribution in [0.15, 0.2) is 24.3 Å². The third-order valence-electron chi connectivity index (χ3n) is 10.8. The van der Waals surface area contributed by atoms with E-state index in [1.54, 1.807) is 31.2 Å². The van der Waals surface area contributed by atoms with Gasteiger partial charge in [0.2, 0.25) is 18.8 Å². The van der Waals surface area contributed by atoms with Gasteiger partial charge in [-0.3, -0.25) is 4.79 Å². The third kappa shape index (κ3) is 6.08. The molecule has 2 aromatic carbocycles. The zero-order valence-corrected chi connectivity index (χ0v) is 29.0. The third-order valence-corrected chi connectivity index (χ3v) is 10.8. The Labute approximate surface area is 306 Å². The lowest BCUT2D eigenvalue weighted by atomic mass is 9.66. The maximum Gasteiger partial charge on any atom is 0.310 e. The standard InChI is InChI=1S/C35H40O19/c1-11-46-9-20-30(50-11)25(38)27(40)34(51-20)52-28-14-7-17-16(48-10-49-17)6-13(14)21(22-15(28)8-47-33(22)43)12-4-18(44-2)29(19(5-12)45-3)53-35-26(39)23(36)24(37)31(54-35)32(41)42/h4-7,11,15,20-28,30-31,34-40H,8-10H2,1-3H3,(H,41,42)/p-1. The van der Waals surface area contributed by atoms with E-state index in [4.69, 9.17) is 52.1 Å². The van der Waals surface area contributed by atoms with Gasteiger partial charge >= 0.3 is 5.97 Å². The molecule has 4 saturated heterocycles. The van der Waals surface area contributed by atoms with Crippen LogP contribution in [-0.4, -0.2) is 139 Å². The van der Waals surface area contributed by atoms with Crippen LogP contribution in [0.5, 0.6) is 28.7 Å². The number of carboxylic acids is 1. The Morgan fingerprint density at radius 1 is 0.796 bits per heavy atom. The largest absolute Gasteiger partial charge is 0.547 e. The van der Waals surface area contributed by atoms with Crippen LogP contribution in [0.1, 0.15) is 35.6 Å². The number of carbonyl (C=O) groups is 2. The van der Waals surface area contributed by atoms with Crippen molar-refractivity contribution in [2.75, 3.05) is 34.2 Å². The van der Waals surface area contributed by atoms with Crippen molar-refractivity contribution in [2.24, 2.45) is 11.8 Å². The number of hydrogen-bond acceptors (Lipinski definition) is 19. The summed E-state index contributed by atoms with van der Waals surface area (Å²) >= 11 is 0. The molecule has 6 aliphatic rings. The molecule has 54 heavy (non-hydrogen) atoms. The highest BCUT2D eigenvalue weighted by molar-refractivity contribution is 5.79. The molecule has 294 valence electrons. The molecule has 15 atom stereocenters.